The highest BCUT2D eigenvalue weighted by Gasteiger charge is 2.14. The molecule has 7 nitrogen and oxygen atoms in total. The summed E-state index contributed by atoms with van der Waals surface area (Å²) in [6.07, 6.45) is 9.86. The Kier molecular flexibility index (Phi) is 6.44. The maximum atomic E-state index is 4.42. The van der Waals surface area contributed by atoms with E-state index < -0.39 is 0 Å². The predicted molar refractivity (Wildman–Crippen MR) is 117 cm³/mol. The molecule has 154 valence electrons. The number of para-hydroxylation sites is 1. The fourth-order valence-electron chi connectivity index (χ4n) is 4.06. The summed E-state index contributed by atoms with van der Waals surface area (Å²) in [4.78, 5) is 7.67. The van der Waals surface area contributed by atoms with E-state index in [1.54, 1.807) is 0 Å². The molecule has 0 saturated heterocycles. The van der Waals surface area contributed by atoms with E-state index in [-0.39, 0.29) is 0 Å². The first-order chi connectivity index (χ1) is 14.3. The van der Waals surface area contributed by atoms with Gasteiger partial charge < -0.3 is 20.2 Å². The smallest absolute Gasteiger partial charge is 0.190 e. The van der Waals surface area contributed by atoms with Crippen LogP contribution in [0.1, 0.15) is 42.9 Å². The Bertz CT molecular complexity index is 953. The first kappa shape index (κ1) is 19.5. The van der Waals surface area contributed by atoms with E-state index in [4.69, 9.17) is 0 Å². The van der Waals surface area contributed by atoms with E-state index in [2.05, 4.69) is 65.8 Å². The van der Waals surface area contributed by atoms with Gasteiger partial charge in [0.15, 0.2) is 5.96 Å². The topological polar surface area (TPSA) is 82.9 Å². The summed E-state index contributed by atoms with van der Waals surface area (Å²) in [5.41, 5.74) is 2.52. The molecule has 0 saturated carbocycles. The van der Waals surface area contributed by atoms with E-state index >= 15 is 0 Å². The van der Waals surface area contributed by atoms with Gasteiger partial charge in [-0.05, 0) is 37.3 Å². The van der Waals surface area contributed by atoms with Crippen molar-refractivity contribution in [1.29, 1.82) is 0 Å². The minimum Gasteiger partial charge on any atom is -0.361 e. The van der Waals surface area contributed by atoms with Gasteiger partial charge in [-0.15, -0.1) is 10.2 Å². The number of nitrogens with one attached hydrogen (secondary N) is 3. The highest BCUT2D eigenvalue weighted by molar-refractivity contribution is 5.83. The van der Waals surface area contributed by atoms with Gasteiger partial charge in [0.05, 0.1) is 0 Å². The third-order valence-corrected chi connectivity index (χ3v) is 5.64. The Morgan fingerprint density at radius 3 is 2.93 bits per heavy atom. The lowest BCUT2D eigenvalue weighted by molar-refractivity contribution is 0.594. The van der Waals surface area contributed by atoms with Gasteiger partial charge in [-0.1, -0.05) is 24.6 Å². The summed E-state index contributed by atoms with van der Waals surface area (Å²) in [6, 6.07) is 8.42. The second-order valence-electron chi connectivity index (χ2n) is 7.63. The van der Waals surface area contributed by atoms with Crippen molar-refractivity contribution in [3.8, 4) is 0 Å². The number of hydrogen-bond donors (Lipinski definition) is 3. The molecule has 1 aliphatic heterocycles. The average molecular weight is 394 g/mol. The molecule has 4 rings (SSSR count). The largest absolute Gasteiger partial charge is 0.361 e. The molecule has 2 aromatic heterocycles. The maximum Gasteiger partial charge on any atom is 0.190 e. The van der Waals surface area contributed by atoms with Crippen molar-refractivity contribution in [3.05, 3.63) is 47.7 Å². The number of aromatic nitrogens is 4. The number of aryl methyl sites for hydroxylation is 2. The van der Waals surface area contributed by atoms with Gasteiger partial charge >= 0.3 is 0 Å². The molecule has 0 fully saturated rings. The molecule has 0 unspecified atom stereocenters. The van der Waals surface area contributed by atoms with Crippen LogP contribution in [-0.4, -0.2) is 45.8 Å². The van der Waals surface area contributed by atoms with Crippen LogP contribution in [0.25, 0.3) is 10.9 Å². The molecule has 0 aliphatic carbocycles. The molecule has 0 atom stereocenters. The molecule has 7 heteroatoms. The molecular formula is C22H31N7. The van der Waals surface area contributed by atoms with Crippen LogP contribution >= 0.6 is 0 Å². The van der Waals surface area contributed by atoms with E-state index in [0.29, 0.717) is 0 Å². The first-order valence-electron chi connectivity index (χ1n) is 10.8. The number of benzene rings is 1. The number of guanidine groups is 1. The zero-order valence-corrected chi connectivity index (χ0v) is 17.2. The number of aromatic amines is 1. The van der Waals surface area contributed by atoms with Gasteiger partial charge in [-0.25, -0.2) is 0 Å². The van der Waals surface area contributed by atoms with Crippen LogP contribution in [0.15, 0.2) is 35.5 Å². The van der Waals surface area contributed by atoms with Gasteiger partial charge in [-0.2, -0.15) is 0 Å². The normalized spacial score (nSPS) is 14.6. The van der Waals surface area contributed by atoms with Gasteiger partial charge in [-0.3, -0.25) is 4.99 Å². The quantitative estimate of drug-likeness (QED) is 0.327. The van der Waals surface area contributed by atoms with Crippen molar-refractivity contribution >= 4 is 16.9 Å². The molecule has 3 heterocycles. The lowest BCUT2D eigenvalue weighted by Crippen LogP contribution is -2.38. The van der Waals surface area contributed by atoms with Gasteiger partial charge in [0, 0.05) is 56.6 Å². The van der Waals surface area contributed by atoms with Crippen LogP contribution in [0.2, 0.25) is 0 Å². The Morgan fingerprint density at radius 2 is 2.00 bits per heavy atom. The summed E-state index contributed by atoms with van der Waals surface area (Å²) in [5.74, 6) is 3.15. The average Bonchev–Trinajstić information content (AvgIpc) is 3.26. The van der Waals surface area contributed by atoms with Gasteiger partial charge in [0.2, 0.25) is 0 Å². The van der Waals surface area contributed by atoms with E-state index in [0.717, 1.165) is 57.1 Å². The standard InChI is InChI=1S/C22H31N7/c1-23-22(25-14-12-17-16-26-19-9-5-4-8-18(17)19)24-13-7-11-21-28-27-20-10-3-2-6-15-29(20)21/h4-5,8-9,16,26H,2-3,6-7,10-15H2,1H3,(H2,23,24,25). The van der Waals surface area contributed by atoms with Crippen LogP contribution < -0.4 is 10.6 Å². The van der Waals surface area contributed by atoms with Crippen molar-refractivity contribution in [2.45, 2.75) is 51.5 Å². The van der Waals surface area contributed by atoms with Crippen molar-refractivity contribution < 1.29 is 0 Å². The number of H-pyrrole nitrogens is 1. The lowest BCUT2D eigenvalue weighted by Gasteiger charge is -2.12. The fourth-order valence-corrected chi connectivity index (χ4v) is 4.06. The summed E-state index contributed by atoms with van der Waals surface area (Å²) in [6.45, 7) is 2.79. The minimum absolute atomic E-state index is 0.846. The highest BCUT2D eigenvalue weighted by Crippen LogP contribution is 2.17. The minimum atomic E-state index is 0.846. The van der Waals surface area contributed by atoms with Crippen molar-refractivity contribution in [2.75, 3.05) is 20.1 Å². The molecule has 0 amide bonds. The molecule has 0 radical (unpaired) electrons. The Labute approximate surface area is 172 Å². The maximum absolute atomic E-state index is 4.42. The summed E-state index contributed by atoms with van der Waals surface area (Å²) >= 11 is 0. The van der Waals surface area contributed by atoms with E-state index in [1.165, 1.54) is 41.6 Å². The summed E-state index contributed by atoms with van der Waals surface area (Å²) in [5, 5.41) is 16.9. The Morgan fingerprint density at radius 1 is 1.10 bits per heavy atom. The van der Waals surface area contributed by atoms with Gasteiger partial charge in [0.1, 0.15) is 11.6 Å². The van der Waals surface area contributed by atoms with E-state index in [9.17, 15) is 0 Å². The molecule has 29 heavy (non-hydrogen) atoms. The predicted octanol–water partition coefficient (Wildman–Crippen LogP) is 2.83. The zero-order chi connectivity index (χ0) is 19.9. The van der Waals surface area contributed by atoms with Crippen LogP contribution in [0.5, 0.6) is 0 Å². The van der Waals surface area contributed by atoms with Crippen LogP contribution in [0, 0.1) is 0 Å². The molecule has 1 aromatic carbocycles. The fraction of sp³-hybridized carbons (Fsp3) is 0.500. The van der Waals surface area contributed by atoms with E-state index in [1.807, 2.05) is 7.05 Å². The second-order valence-corrected chi connectivity index (χ2v) is 7.63. The third-order valence-electron chi connectivity index (χ3n) is 5.64. The SMILES string of the molecule is CN=C(NCCCc1nnc2n1CCCCC2)NCCc1c[nH]c2ccccc12. The van der Waals surface area contributed by atoms with Crippen molar-refractivity contribution in [2.24, 2.45) is 4.99 Å². The zero-order valence-electron chi connectivity index (χ0n) is 17.2. The van der Waals surface area contributed by atoms with Crippen LogP contribution in [-0.2, 0) is 25.8 Å². The number of hydrogen-bond acceptors (Lipinski definition) is 3. The lowest BCUT2D eigenvalue weighted by atomic mass is 10.1. The van der Waals surface area contributed by atoms with Crippen molar-refractivity contribution in [3.63, 3.8) is 0 Å². The van der Waals surface area contributed by atoms with Crippen LogP contribution in [0.4, 0.5) is 0 Å². The number of rotatable bonds is 7. The summed E-state index contributed by atoms with van der Waals surface area (Å²) in [7, 11) is 1.82. The van der Waals surface area contributed by atoms with Crippen molar-refractivity contribution in [1.82, 2.24) is 30.4 Å². The van der Waals surface area contributed by atoms with Gasteiger partial charge in [0.25, 0.3) is 0 Å². The summed E-state index contributed by atoms with van der Waals surface area (Å²) < 4.78 is 2.33. The second kappa shape index (κ2) is 9.58. The number of fused-ring (bicyclic) bond motifs is 2. The molecule has 3 aromatic rings. The monoisotopic (exact) mass is 393 g/mol. The molecule has 1 aliphatic rings. The molecule has 0 spiro atoms. The highest BCUT2D eigenvalue weighted by atomic mass is 15.3. The number of aliphatic imine (C=N–C) groups is 1. The molecule has 0 bridgehead atoms. The van der Waals surface area contributed by atoms with Crippen LogP contribution in [0.3, 0.4) is 0 Å². The first-order valence-corrected chi connectivity index (χ1v) is 10.8. The Hall–Kier alpha value is -2.83. The number of nitrogens with zero attached hydrogens (tertiary/aromatic N) is 4. The molecule has 3 N–H and O–H groups in total. The Balaban J connectivity index is 1.20. The third kappa shape index (κ3) is 4.78. The molecular weight excluding hydrogens is 362 g/mol.